The largest absolute Gasteiger partial charge is 0.465 e. The quantitative estimate of drug-likeness (QED) is 0.570. The summed E-state index contributed by atoms with van der Waals surface area (Å²) >= 11 is 0. The normalized spacial score (nSPS) is 10.9. The van der Waals surface area contributed by atoms with Crippen LogP contribution in [0.25, 0.3) is 0 Å². The third-order valence-corrected chi connectivity index (χ3v) is 5.95. The van der Waals surface area contributed by atoms with Crippen LogP contribution in [0.15, 0.2) is 83.8 Å². The van der Waals surface area contributed by atoms with Crippen LogP contribution in [0.5, 0.6) is 0 Å². The van der Waals surface area contributed by atoms with Gasteiger partial charge in [0.1, 0.15) is 0 Å². The number of hydrogen-bond acceptors (Lipinski definition) is 5. The molecule has 0 radical (unpaired) electrons. The Labute approximate surface area is 181 Å². The van der Waals surface area contributed by atoms with Crippen molar-refractivity contribution in [2.45, 2.75) is 11.4 Å². The molecule has 160 valence electrons. The lowest BCUT2D eigenvalue weighted by Crippen LogP contribution is -2.26. The molecule has 0 saturated heterocycles. The Balaban J connectivity index is 1.71. The van der Waals surface area contributed by atoms with Crippen LogP contribution in [0.3, 0.4) is 0 Å². The molecule has 0 aliphatic heterocycles. The van der Waals surface area contributed by atoms with Gasteiger partial charge in [0.15, 0.2) is 0 Å². The van der Waals surface area contributed by atoms with Gasteiger partial charge in [-0.05, 0) is 48.0 Å². The first kappa shape index (κ1) is 22.0. The summed E-state index contributed by atoms with van der Waals surface area (Å²) in [5, 5.41) is 0. The molecule has 1 N–H and O–H groups in total. The van der Waals surface area contributed by atoms with Gasteiger partial charge in [0.2, 0.25) is 0 Å². The molecule has 31 heavy (non-hydrogen) atoms. The summed E-state index contributed by atoms with van der Waals surface area (Å²) in [6.45, 7) is 0.320. The van der Waals surface area contributed by atoms with Crippen LogP contribution in [0, 0.1) is 0 Å². The van der Waals surface area contributed by atoms with Gasteiger partial charge in [-0.2, -0.15) is 0 Å². The maximum atomic E-state index is 12.8. The molecule has 3 aromatic rings. The molecule has 0 aromatic heterocycles. The molecule has 0 aliphatic rings. The third kappa shape index (κ3) is 5.49. The number of nitrogens with one attached hydrogen (secondary N) is 1. The lowest BCUT2D eigenvalue weighted by atomic mass is 10.1. The predicted molar refractivity (Wildman–Crippen MR) is 117 cm³/mol. The second-order valence-corrected chi connectivity index (χ2v) is 8.53. The van der Waals surface area contributed by atoms with E-state index in [9.17, 15) is 18.0 Å². The number of esters is 1. The van der Waals surface area contributed by atoms with Crippen LogP contribution in [0.2, 0.25) is 0 Å². The summed E-state index contributed by atoms with van der Waals surface area (Å²) in [5.41, 5.74) is 1.91. The molecule has 0 atom stereocenters. The fourth-order valence-corrected chi connectivity index (χ4v) is 4.03. The Morgan fingerprint density at radius 1 is 0.903 bits per heavy atom. The highest BCUT2D eigenvalue weighted by molar-refractivity contribution is 7.92. The molecular weight excluding hydrogens is 416 g/mol. The average Bonchev–Trinajstić information content (AvgIpc) is 2.79. The van der Waals surface area contributed by atoms with Crippen molar-refractivity contribution >= 4 is 27.6 Å². The molecule has 7 nitrogen and oxygen atoms in total. The van der Waals surface area contributed by atoms with Gasteiger partial charge in [0.25, 0.3) is 15.9 Å². The second-order valence-electron chi connectivity index (χ2n) is 6.85. The van der Waals surface area contributed by atoms with E-state index in [1.807, 2.05) is 0 Å². The summed E-state index contributed by atoms with van der Waals surface area (Å²) in [6, 6.07) is 21.1. The topological polar surface area (TPSA) is 92.8 Å². The van der Waals surface area contributed by atoms with Gasteiger partial charge in [-0.3, -0.25) is 9.52 Å². The van der Waals surface area contributed by atoms with Crippen molar-refractivity contribution in [2.24, 2.45) is 0 Å². The molecule has 3 rings (SSSR count). The third-order valence-electron chi connectivity index (χ3n) is 4.56. The summed E-state index contributed by atoms with van der Waals surface area (Å²) < 4.78 is 32.2. The second kappa shape index (κ2) is 9.44. The van der Waals surface area contributed by atoms with E-state index in [0.29, 0.717) is 23.4 Å². The molecule has 0 aliphatic carbocycles. The molecule has 0 heterocycles. The molecule has 3 aromatic carbocycles. The van der Waals surface area contributed by atoms with Crippen LogP contribution in [-0.2, 0) is 21.3 Å². The highest BCUT2D eigenvalue weighted by Crippen LogP contribution is 2.18. The smallest absolute Gasteiger partial charge is 0.337 e. The average molecular weight is 439 g/mol. The van der Waals surface area contributed by atoms with Crippen LogP contribution in [-0.4, -0.2) is 39.4 Å². The summed E-state index contributed by atoms with van der Waals surface area (Å²) in [4.78, 5) is 26.0. The van der Waals surface area contributed by atoms with E-state index >= 15 is 0 Å². The van der Waals surface area contributed by atoms with E-state index < -0.39 is 16.0 Å². The number of rotatable bonds is 7. The summed E-state index contributed by atoms with van der Waals surface area (Å²) in [5.74, 6) is -0.691. The van der Waals surface area contributed by atoms with Gasteiger partial charge in [-0.1, -0.05) is 36.4 Å². The fourth-order valence-electron chi connectivity index (χ4n) is 2.96. The summed E-state index contributed by atoms with van der Waals surface area (Å²) in [7, 11) is -0.784. The maximum absolute atomic E-state index is 12.8. The Hall–Kier alpha value is -3.65. The van der Waals surface area contributed by atoms with Crippen molar-refractivity contribution in [2.75, 3.05) is 18.9 Å². The van der Waals surface area contributed by atoms with Crippen molar-refractivity contribution in [3.8, 4) is 0 Å². The van der Waals surface area contributed by atoms with E-state index in [1.54, 1.807) is 67.7 Å². The van der Waals surface area contributed by atoms with Crippen molar-refractivity contribution in [1.82, 2.24) is 4.90 Å². The number of sulfonamides is 1. The first-order valence-corrected chi connectivity index (χ1v) is 10.9. The predicted octanol–water partition coefficient (Wildman–Crippen LogP) is 3.55. The molecule has 0 fully saturated rings. The van der Waals surface area contributed by atoms with E-state index in [4.69, 9.17) is 0 Å². The van der Waals surface area contributed by atoms with Gasteiger partial charge in [-0.25, -0.2) is 13.2 Å². The molecular formula is C23H22N2O5S. The van der Waals surface area contributed by atoms with Crippen LogP contribution in [0.4, 0.5) is 5.69 Å². The van der Waals surface area contributed by atoms with E-state index in [2.05, 4.69) is 9.46 Å². The van der Waals surface area contributed by atoms with E-state index in [0.717, 1.165) is 5.56 Å². The first-order valence-electron chi connectivity index (χ1n) is 9.41. The number of carbonyl (C=O) groups is 2. The SMILES string of the molecule is COC(=O)c1ccc(CN(C)C(=O)c2cccc(NS(=O)(=O)c3ccccc3)c2)cc1. The van der Waals surface area contributed by atoms with Gasteiger partial charge in [0.05, 0.1) is 17.6 Å². The first-order chi connectivity index (χ1) is 14.8. The van der Waals surface area contributed by atoms with E-state index in [1.165, 1.54) is 30.2 Å². The van der Waals surface area contributed by atoms with Gasteiger partial charge in [0, 0.05) is 24.8 Å². The number of hydrogen-bond donors (Lipinski definition) is 1. The number of benzene rings is 3. The number of ether oxygens (including phenoxy) is 1. The minimum absolute atomic E-state index is 0.138. The number of amides is 1. The number of nitrogens with zero attached hydrogens (tertiary/aromatic N) is 1. The van der Waals surface area contributed by atoms with Crippen molar-refractivity contribution < 1.29 is 22.7 Å². The van der Waals surface area contributed by atoms with Gasteiger partial charge in [-0.15, -0.1) is 0 Å². The zero-order chi connectivity index (χ0) is 22.4. The Morgan fingerprint density at radius 3 is 2.23 bits per heavy atom. The zero-order valence-electron chi connectivity index (χ0n) is 17.1. The van der Waals surface area contributed by atoms with Gasteiger partial charge >= 0.3 is 5.97 Å². The van der Waals surface area contributed by atoms with Crippen molar-refractivity contribution in [1.29, 1.82) is 0 Å². The van der Waals surface area contributed by atoms with Crippen LogP contribution >= 0.6 is 0 Å². The number of carbonyl (C=O) groups excluding carboxylic acids is 2. The van der Waals surface area contributed by atoms with Crippen molar-refractivity contribution in [3.63, 3.8) is 0 Å². The lowest BCUT2D eigenvalue weighted by Gasteiger charge is -2.18. The summed E-state index contributed by atoms with van der Waals surface area (Å²) in [6.07, 6.45) is 0. The number of anilines is 1. The number of methoxy groups -OCH3 is 1. The standard InChI is InChI=1S/C23H22N2O5S/c1-25(16-17-11-13-18(14-12-17)23(27)30-2)22(26)19-7-6-8-20(15-19)24-31(28,29)21-9-4-3-5-10-21/h3-15,24H,16H2,1-2H3. The van der Waals surface area contributed by atoms with Gasteiger partial charge < -0.3 is 9.64 Å². The minimum atomic E-state index is -3.75. The Kier molecular flexibility index (Phi) is 6.71. The maximum Gasteiger partial charge on any atom is 0.337 e. The molecule has 0 unspecified atom stereocenters. The molecule has 0 bridgehead atoms. The fraction of sp³-hybridized carbons (Fsp3) is 0.130. The highest BCUT2D eigenvalue weighted by atomic mass is 32.2. The van der Waals surface area contributed by atoms with Crippen LogP contribution in [0.1, 0.15) is 26.3 Å². The highest BCUT2D eigenvalue weighted by Gasteiger charge is 2.16. The minimum Gasteiger partial charge on any atom is -0.465 e. The zero-order valence-corrected chi connectivity index (χ0v) is 17.9. The molecule has 0 spiro atoms. The monoisotopic (exact) mass is 438 g/mol. The molecule has 1 amide bonds. The van der Waals surface area contributed by atoms with Crippen molar-refractivity contribution in [3.05, 3.63) is 95.6 Å². The Bertz CT molecular complexity index is 1180. The lowest BCUT2D eigenvalue weighted by molar-refractivity contribution is 0.0600. The molecule has 0 saturated carbocycles. The molecule has 8 heteroatoms. The Morgan fingerprint density at radius 2 is 1.58 bits per heavy atom. The van der Waals surface area contributed by atoms with E-state index in [-0.39, 0.29) is 10.8 Å². The van der Waals surface area contributed by atoms with Crippen LogP contribution < -0.4 is 4.72 Å².